The highest BCUT2D eigenvalue weighted by Crippen LogP contribution is 2.29. The molecule has 6 nitrogen and oxygen atoms in total. The minimum absolute atomic E-state index is 0.0293. The van der Waals surface area contributed by atoms with Gasteiger partial charge in [0, 0.05) is 25.0 Å². The van der Waals surface area contributed by atoms with Gasteiger partial charge in [0.25, 0.3) is 0 Å². The molecule has 6 heteroatoms. The number of hydrogen-bond acceptors (Lipinski definition) is 5. The van der Waals surface area contributed by atoms with Crippen LogP contribution in [-0.4, -0.2) is 36.9 Å². The maximum atomic E-state index is 12.2. The number of nitrogens with one attached hydrogen (secondary N) is 1. The first-order valence-electron chi connectivity index (χ1n) is 6.10. The van der Waals surface area contributed by atoms with Gasteiger partial charge in [-0.3, -0.25) is 4.79 Å². The SMILES string of the molecule is COc1ccc(NC(=O)C2(N)CCOCC2)cc1O. The Morgan fingerprint density at radius 2 is 2.16 bits per heavy atom. The second-order valence-corrected chi connectivity index (χ2v) is 4.61. The van der Waals surface area contributed by atoms with Crippen LogP contribution in [0.1, 0.15) is 12.8 Å². The zero-order valence-electron chi connectivity index (χ0n) is 10.8. The molecular formula is C13H18N2O4. The highest BCUT2D eigenvalue weighted by Gasteiger charge is 2.35. The van der Waals surface area contributed by atoms with E-state index in [2.05, 4.69) is 5.32 Å². The third-order valence-electron chi connectivity index (χ3n) is 3.27. The molecule has 19 heavy (non-hydrogen) atoms. The Morgan fingerprint density at radius 1 is 1.47 bits per heavy atom. The Labute approximate surface area is 111 Å². The second kappa shape index (κ2) is 5.46. The molecule has 0 atom stereocenters. The number of rotatable bonds is 3. The van der Waals surface area contributed by atoms with Crippen LogP contribution in [0.2, 0.25) is 0 Å². The summed E-state index contributed by atoms with van der Waals surface area (Å²) in [7, 11) is 1.46. The third-order valence-corrected chi connectivity index (χ3v) is 3.27. The van der Waals surface area contributed by atoms with Crippen molar-refractivity contribution in [1.82, 2.24) is 0 Å². The molecule has 1 aromatic carbocycles. The van der Waals surface area contributed by atoms with Crippen LogP contribution in [0.25, 0.3) is 0 Å². The van der Waals surface area contributed by atoms with E-state index < -0.39 is 5.54 Å². The van der Waals surface area contributed by atoms with Crippen molar-refractivity contribution in [1.29, 1.82) is 0 Å². The van der Waals surface area contributed by atoms with Crippen LogP contribution in [0, 0.1) is 0 Å². The van der Waals surface area contributed by atoms with Gasteiger partial charge in [-0.1, -0.05) is 0 Å². The lowest BCUT2D eigenvalue weighted by molar-refractivity contribution is -0.124. The van der Waals surface area contributed by atoms with Gasteiger partial charge in [0.05, 0.1) is 7.11 Å². The van der Waals surface area contributed by atoms with Crippen molar-refractivity contribution in [3.63, 3.8) is 0 Å². The molecule has 1 amide bonds. The lowest BCUT2D eigenvalue weighted by Gasteiger charge is -2.31. The summed E-state index contributed by atoms with van der Waals surface area (Å²) in [6, 6.07) is 4.66. The van der Waals surface area contributed by atoms with Gasteiger partial charge in [0.15, 0.2) is 11.5 Å². The first-order valence-corrected chi connectivity index (χ1v) is 6.10. The van der Waals surface area contributed by atoms with Crippen LogP contribution in [0.3, 0.4) is 0 Å². The normalized spacial score (nSPS) is 17.8. The number of anilines is 1. The van der Waals surface area contributed by atoms with Gasteiger partial charge in [0.1, 0.15) is 5.54 Å². The molecule has 1 aliphatic heterocycles. The lowest BCUT2D eigenvalue weighted by Crippen LogP contribution is -2.54. The van der Waals surface area contributed by atoms with E-state index in [9.17, 15) is 9.90 Å². The number of carbonyl (C=O) groups is 1. The molecule has 4 N–H and O–H groups in total. The molecule has 0 radical (unpaired) electrons. The molecule has 1 aliphatic rings. The van der Waals surface area contributed by atoms with E-state index in [0.29, 0.717) is 37.5 Å². The Kier molecular flexibility index (Phi) is 3.92. The molecule has 1 heterocycles. The molecule has 1 saturated heterocycles. The monoisotopic (exact) mass is 266 g/mol. The number of ether oxygens (including phenoxy) is 2. The number of aromatic hydroxyl groups is 1. The van der Waals surface area contributed by atoms with E-state index in [4.69, 9.17) is 15.2 Å². The molecule has 0 spiro atoms. The van der Waals surface area contributed by atoms with E-state index in [0.717, 1.165) is 0 Å². The molecule has 2 rings (SSSR count). The number of benzene rings is 1. The highest BCUT2D eigenvalue weighted by atomic mass is 16.5. The fourth-order valence-electron chi connectivity index (χ4n) is 1.99. The van der Waals surface area contributed by atoms with E-state index in [1.165, 1.54) is 13.2 Å². The average molecular weight is 266 g/mol. The number of nitrogens with two attached hydrogens (primary N) is 1. The summed E-state index contributed by atoms with van der Waals surface area (Å²) in [6.07, 6.45) is 0.974. The second-order valence-electron chi connectivity index (χ2n) is 4.61. The topological polar surface area (TPSA) is 93.8 Å². The molecule has 0 aliphatic carbocycles. The predicted octanol–water partition coefficient (Wildman–Crippen LogP) is 0.847. The quantitative estimate of drug-likeness (QED) is 0.754. The van der Waals surface area contributed by atoms with E-state index in [-0.39, 0.29) is 11.7 Å². The van der Waals surface area contributed by atoms with Crippen molar-refractivity contribution >= 4 is 11.6 Å². The first kappa shape index (κ1) is 13.6. The van der Waals surface area contributed by atoms with Crippen molar-refractivity contribution in [2.45, 2.75) is 18.4 Å². The van der Waals surface area contributed by atoms with Gasteiger partial charge in [0.2, 0.25) is 5.91 Å². The number of phenols is 1. The Balaban J connectivity index is 2.08. The van der Waals surface area contributed by atoms with Crippen LogP contribution in [0.4, 0.5) is 5.69 Å². The maximum absolute atomic E-state index is 12.2. The maximum Gasteiger partial charge on any atom is 0.244 e. The van der Waals surface area contributed by atoms with Gasteiger partial charge >= 0.3 is 0 Å². The molecule has 0 unspecified atom stereocenters. The van der Waals surface area contributed by atoms with Crippen LogP contribution in [0.15, 0.2) is 18.2 Å². The number of phenolic OH excluding ortho intramolecular Hbond substituents is 1. The fraction of sp³-hybridized carbons (Fsp3) is 0.462. The molecule has 0 bridgehead atoms. The van der Waals surface area contributed by atoms with Crippen molar-refractivity contribution < 1.29 is 19.4 Å². The van der Waals surface area contributed by atoms with Gasteiger partial charge in [-0.15, -0.1) is 0 Å². The van der Waals surface area contributed by atoms with Crippen LogP contribution in [-0.2, 0) is 9.53 Å². The number of amides is 1. The van der Waals surface area contributed by atoms with Gasteiger partial charge in [-0.2, -0.15) is 0 Å². The standard InChI is InChI=1S/C13H18N2O4/c1-18-11-3-2-9(8-10(11)16)15-12(17)13(14)4-6-19-7-5-13/h2-3,8,16H,4-7,14H2,1H3,(H,15,17). The van der Waals surface area contributed by atoms with Crippen molar-refractivity contribution in [3.8, 4) is 11.5 Å². The molecule has 0 aromatic heterocycles. The van der Waals surface area contributed by atoms with E-state index in [1.54, 1.807) is 12.1 Å². The minimum atomic E-state index is -0.909. The molecule has 1 fully saturated rings. The molecule has 1 aromatic rings. The number of hydrogen-bond donors (Lipinski definition) is 3. The number of carbonyl (C=O) groups excluding carboxylic acids is 1. The summed E-state index contributed by atoms with van der Waals surface area (Å²) in [4.78, 5) is 12.2. The third kappa shape index (κ3) is 2.97. The summed E-state index contributed by atoms with van der Waals surface area (Å²) in [5.41, 5.74) is 5.64. The Bertz CT molecular complexity index is 470. The minimum Gasteiger partial charge on any atom is -0.504 e. The Hall–Kier alpha value is -1.79. The average Bonchev–Trinajstić information content (AvgIpc) is 2.40. The lowest BCUT2D eigenvalue weighted by atomic mass is 9.90. The van der Waals surface area contributed by atoms with Crippen molar-refractivity contribution in [2.24, 2.45) is 5.73 Å². The van der Waals surface area contributed by atoms with Gasteiger partial charge in [-0.25, -0.2) is 0 Å². The van der Waals surface area contributed by atoms with E-state index >= 15 is 0 Å². The fourth-order valence-corrected chi connectivity index (χ4v) is 1.99. The van der Waals surface area contributed by atoms with Crippen LogP contribution >= 0.6 is 0 Å². The van der Waals surface area contributed by atoms with Crippen LogP contribution < -0.4 is 15.8 Å². The Morgan fingerprint density at radius 3 is 2.74 bits per heavy atom. The molecular weight excluding hydrogens is 248 g/mol. The zero-order chi connectivity index (χ0) is 13.9. The summed E-state index contributed by atoms with van der Waals surface area (Å²) in [5, 5.41) is 12.4. The van der Waals surface area contributed by atoms with Crippen LogP contribution in [0.5, 0.6) is 11.5 Å². The van der Waals surface area contributed by atoms with Gasteiger partial charge in [-0.05, 0) is 25.0 Å². The van der Waals surface area contributed by atoms with Crippen molar-refractivity contribution in [3.05, 3.63) is 18.2 Å². The largest absolute Gasteiger partial charge is 0.504 e. The summed E-state index contributed by atoms with van der Waals surface area (Å²) < 4.78 is 10.1. The predicted molar refractivity (Wildman–Crippen MR) is 70.3 cm³/mol. The summed E-state index contributed by atoms with van der Waals surface area (Å²) in [5.74, 6) is 0.0604. The highest BCUT2D eigenvalue weighted by molar-refractivity contribution is 5.98. The molecule has 104 valence electrons. The molecule has 0 saturated carbocycles. The smallest absolute Gasteiger partial charge is 0.244 e. The zero-order valence-corrected chi connectivity index (χ0v) is 10.8. The summed E-state index contributed by atoms with van der Waals surface area (Å²) >= 11 is 0. The van der Waals surface area contributed by atoms with Crippen molar-refractivity contribution in [2.75, 3.05) is 25.6 Å². The summed E-state index contributed by atoms with van der Waals surface area (Å²) in [6.45, 7) is 0.968. The first-order chi connectivity index (χ1) is 9.05. The number of methoxy groups -OCH3 is 1. The van der Waals surface area contributed by atoms with E-state index in [1.807, 2.05) is 0 Å². The van der Waals surface area contributed by atoms with Gasteiger partial charge < -0.3 is 25.6 Å².